The molecule has 3 nitrogen and oxygen atoms in total. The Morgan fingerprint density at radius 1 is 0.783 bits per heavy atom. The van der Waals surface area contributed by atoms with Crippen molar-refractivity contribution in [1.29, 1.82) is 0 Å². The third kappa shape index (κ3) is 2.53. The summed E-state index contributed by atoms with van der Waals surface area (Å²) in [4.78, 5) is 9.14. The highest BCUT2D eigenvalue weighted by Gasteiger charge is 2.05. The smallest absolute Gasteiger partial charge is 0.0899 e. The maximum atomic E-state index is 6.11. The van der Waals surface area contributed by atoms with Crippen LogP contribution in [0.15, 0.2) is 66.9 Å². The van der Waals surface area contributed by atoms with Gasteiger partial charge in [0.25, 0.3) is 0 Å². The van der Waals surface area contributed by atoms with Crippen molar-refractivity contribution in [2.24, 2.45) is 0 Å². The number of benzene rings is 2. The van der Waals surface area contributed by atoms with Crippen LogP contribution in [-0.2, 0) is 0 Å². The molecule has 110 valence electrons. The van der Waals surface area contributed by atoms with Gasteiger partial charge in [-0.25, -0.2) is 4.98 Å². The van der Waals surface area contributed by atoms with Gasteiger partial charge in [0, 0.05) is 16.5 Å². The van der Waals surface area contributed by atoms with E-state index in [1.807, 2.05) is 48.5 Å². The largest absolute Gasteiger partial charge is 0.398 e. The Morgan fingerprint density at radius 3 is 2.52 bits per heavy atom. The molecule has 3 heteroatoms. The first-order valence-electron chi connectivity index (χ1n) is 7.48. The van der Waals surface area contributed by atoms with Crippen molar-refractivity contribution in [3.8, 4) is 0 Å². The molecule has 0 radical (unpaired) electrons. The van der Waals surface area contributed by atoms with E-state index in [1.54, 1.807) is 6.20 Å². The fourth-order valence-corrected chi connectivity index (χ4v) is 2.73. The highest BCUT2D eigenvalue weighted by Crippen LogP contribution is 2.27. The van der Waals surface area contributed by atoms with E-state index in [4.69, 9.17) is 5.73 Å². The van der Waals surface area contributed by atoms with Crippen LogP contribution in [0.1, 0.15) is 11.3 Å². The molecule has 2 aromatic carbocycles. The molecule has 0 saturated carbocycles. The molecule has 0 atom stereocenters. The van der Waals surface area contributed by atoms with E-state index in [0.29, 0.717) is 0 Å². The average Bonchev–Trinajstić information content (AvgIpc) is 2.60. The zero-order valence-electron chi connectivity index (χ0n) is 12.5. The van der Waals surface area contributed by atoms with Gasteiger partial charge in [-0.15, -0.1) is 0 Å². The van der Waals surface area contributed by atoms with E-state index < -0.39 is 0 Å². The molecular weight excluding hydrogens is 282 g/mol. The van der Waals surface area contributed by atoms with E-state index in [9.17, 15) is 0 Å². The van der Waals surface area contributed by atoms with Gasteiger partial charge in [0.15, 0.2) is 0 Å². The molecule has 2 N–H and O–H groups in total. The van der Waals surface area contributed by atoms with E-state index in [-0.39, 0.29) is 0 Å². The first-order valence-corrected chi connectivity index (χ1v) is 7.48. The van der Waals surface area contributed by atoms with Crippen molar-refractivity contribution in [2.45, 2.75) is 0 Å². The van der Waals surface area contributed by atoms with Crippen LogP contribution in [0.3, 0.4) is 0 Å². The molecule has 0 spiro atoms. The van der Waals surface area contributed by atoms with E-state index in [2.05, 4.69) is 34.2 Å². The SMILES string of the molecule is Nc1cccc2ncc3nc(/C=C/c4ccccc4)ccc3c12. The van der Waals surface area contributed by atoms with Crippen LogP contribution in [0, 0.1) is 0 Å². The summed E-state index contributed by atoms with van der Waals surface area (Å²) in [6, 6.07) is 20.0. The van der Waals surface area contributed by atoms with Crippen molar-refractivity contribution < 1.29 is 0 Å². The summed E-state index contributed by atoms with van der Waals surface area (Å²) in [7, 11) is 0. The molecule has 0 bridgehead atoms. The molecule has 0 unspecified atom stereocenters. The predicted octanol–water partition coefficient (Wildman–Crippen LogP) is 4.54. The van der Waals surface area contributed by atoms with Gasteiger partial charge in [-0.2, -0.15) is 0 Å². The van der Waals surface area contributed by atoms with Crippen molar-refractivity contribution in [1.82, 2.24) is 9.97 Å². The Morgan fingerprint density at radius 2 is 1.65 bits per heavy atom. The van der Waals surface area contributed by atoms with Gasteiger partial charge in [-0.3, -0.25) is 4.98 Å². The Bertz CT molecular complexity index is 1020. The molecule has 0 aliphatic rings. The third-order valence-electron chi connectivity index (χ3n) is 3.86. The number of aromatic nitrogens is 2. The Kier molecular flexibility index (Phi) is 3.24. The topological polar surface area (TPSA) is 51.8 Å². The van der Waals surface area contributed by atoms with Crippen molar-refractivity contribution in [3.05, 3.63) is 78.1 Å². The summed E-state index contributed by atoms with van der Waals surface area (Å²) >= 11 is 0. The van der Waals surface area contributed by atoms with Crippen LogP contribution in [-0.4, -0.2) is 9.97 Å². The van der Waals surface area contributed by atoms with Gasteiger partial charge in [0.2, 0.25) is 0 Å². The number of pyridine rings is 2. The number of fused-ring (bicyclic) bond motifs is 3. The molecule has 0 fully saturated rings. The van der Waals surface area contributed by atoms with Crippen LogP contribution >= 0.6 is 0 Å². The number of nitrogens with zero attached hydrogens (tertiary/aromatic N) is 2. The van der Waals surface area contributed by atoms with E-state index in [1.165, 1.54) is 0 Å². The second kappa shape index (κ2) is 5.54. The van der Waals surface area contributed by atoms with Gasteiger partial charge in [-0.05, 0) is 35.9 Å². The zero-order valence-corrected chi connectivity index (χ0v) is 12.5. The first-order chi connectivity index (χ1) is 11.3. The van der Waals surface area contributed by atoms with Crippen LogP contribution in [0.2, 0.25) is 0 Å². The quantitative estimate of drug-likeness (QED) is 0.436. The molecule has 0 aliphatic heterocycles. The van der Waals surface area contributed by atoms with Crippen molar-refractivity contribution >= 4 is 39.6 Å². The number of nitrogens with two attached hydrogens (primary N) is 1. The van der Waals surface area contributed by atoms with Crippen molar-refractivity contribution in [3.63, 3.8) is 0 Å². The van der Waals surface area contributed by atoms with Gasteiger partial charge in [0.1, 0.15) is 0 Å². The van der Waals surface area contributed by atoms with Crippen LogP contribution in [0.4, 0.5) is 5.69 Å². The zero-order chi connectivity index (χ0) is 15.6. The molecule has 0 saturated heterocycles. The highest BCUT2D eigenvalue weighted by molar-refractivity contribution is 6.10. The Hall–Kier alpha value is -3.20. The molecule has 4 rings (SSSR count). The molecule has 4 aromatic rings. The number of hydrogen-bond acceptors (Lipinski definition) is 3. The minimum absolute atomic E-state index is 0.731. The highest BCUT2D eigenvalue weighted by atomic mass is 14.8. The molecule has 0 aliphatic carbocycles. The molecular formula is C20H15N3. The summed E-state index contributed by atoms with van der Waals surface area (Å²) in [5.74, 6) is 0. The summed E-state index contributed by atoms with van der Waals surface area (Å²) < 4.78 is 0. The number of anilines is 1. The molecule has 0 amide bonds. The summed E-state index contributed by atoms with van der Waals surface area (Å²) in [5.41, 5.74) is 10.6. The Labute approximate surface area is 134 Å². The number of nitrogen functional groups attached to an aromatic ring is 1. The lowest BCUT2D eigenvalue weighted by Crippen LogP contribution is -1.92. The summed E-state index contributed by atoms with van der Waals surface area (Å²) in [5, 5.41) is 2.00. The van der Waals surface area contributed by atoms with Gasteiger partial charge >= 0.3 is 0 Å². The van der Waals surface area contributed by atoms with Gasteiger partial charge in [0.05, 0.1) is 22.9 Å². The molecule has 2 aromatic heterocycles. The summed E-state index contributed by atoms with van der Waals surface area (Å²) in [6.07, 6.45) is 5.86. The lowest BCUT2D eigenvalue weighted by molar-refractivity contribution is 1.33. The average molecular weight is 297 g/mol. The van der Waals surface area contributed by atoms with E-state index >= 15 is 0 Å². The van der Waals surface area contributed by atoms with Crippen molar-refractivity contribution in [2.75, 3.05) is 5.73 Å². The third-order valence-corrected chi connectivity index (χ3v) is 3.86. The Balaban J connectivity index is 1.81. The standard InChI is InChI=1S/C20H15N3/c21-17-7-4-8-18-20(17)16-12-11-15(23-19(16)13-22-18)10-9-14-5-2-1-3-6-14/h1-13H,21H2/b10-9+. The van der Waals surface area contributed by atoms with Gasteiger partial charge in [-0.1, -0.05) is 42.5 Å². The maximum Gasteiger partial charge on any atom is 0.0899 e. The molecule has 23 heavy (non-hydrogen) atoms. The van der Waals surface area contributed by atoms with Gasteiger partial charge < -0.3 is 5.73 Å². The number of rotatable bonds is 2. The second-order valence-electron chi connectivity index (χ2n) is 5.41. The molecule has 2 heterocycles. The minimum atomic E-state index is 0.731. The van der Waals surface area contributed by atoms with E-state index in [0.717, 1.165) is 38.8 Å². The fraction of sp³-hybridized carbons (Fsp3) is 0. The lowest BCUT2D eigenvalue weighted by atomic mass is 10.1. The monoisotopic (exact) mass is 297 g/mol. The summed E-state index contributed by atoms with van der Waals surface area (Å²) in [6.45, 7) is 0. The number of hydrogen-bond donors (Lipinski definition) is 1. The first kappa shape index (κ1) is 13.5. The lowest BCUT2D eigenvalue weighted by Gasteiger charge is -2.06. The second-order valence-corrected chi connectivity index (χ2v) is 5.41. The van der Waals surface area contributed by atoms with Crippen LogP contribution in [0.25, 0.3) is 34.0 Å². The fourth-order valence-electron chi connectivity index (χ4n) is 2.73. The van der Waals surface area contributed by atoms with Crippen LogP contribution < -0.4 is 5.73 Å². The minimum Gasteiger partial charge on any atom is -0.398 e. The van der Waals surface area contributed by atoms with Crippen LogP contribution in [0.5, 0.6) is 0 Å². The maximum absolute atomic E-state index is 6.11. The normalized spacial score (nSPS) is 11.5. The predicted molar refractivity (Wildman–Crippen MR) is 96.8 cm³/mol.